The minimum absolute atomic E-state index is 0.0865. The van der Waals surface area contributed by atoms with Crippen LogP contribution in [0.2, 0.25) is 0 Å². The van der Waals surface area contributed by atoms with Gasteiger partial charge in [0.05, 0.1) is 12.2 Å². The van der Waals surface area contributed by atoms with Crippen LogP contribution in [0.4, 0.5) is 10.1 Å². The standard InChI is InChI=1S/C13H11FN2O3/c14-10-6-9(2-1-5-15)3-4-11(10)16-12(17)7-19-8-13(16)18/h3-4,6H,5,7-8,15H2. The van der Waals surface area contributed by atoms with Crippen LogP contribution in [0.1, 0.15) is 5.56 Å². The van der Waals surface area contributed by atoms with Crippen LogP contribution in [-0.4, -0.2) is 31.6 Å². The van der Waals surface area contributed by atoms with Gasteiger partial charge in [0.2, 0.25) is 0 Å². The first kappa shape index (κ1) is 13.2. The van der Waals surface area contributed by atoms with Crippen molar-refractivity contribution in [2.75, 3.05) is 24.7 Å². The molecule has 0 bridgehead atoms. The second-order valence-corrected chi connectivity index (χ2v) is 3.79. The van der Waals surface area contributed by atoms with Crippen molar-refractivity contribution in [1.82, 2.24) is 0 Å². The van der Waals surface area contributed by atoms with E-state index in [2.05, 4.69) is 11.8 Å². The Morgan fingerprint density at radius 1 is 1.32 bits per heavy atom. The average Bonchev–Trinajstić information content (AvgIpc) is 2.38. The zero-order valence-electron chi connectivity index (χ0n) is 9.98. The number of nitrogens with two attached hydrogens (primary N) is 1. The van der Waals surface area contributed by atoms with E-state index in [1.807, 2.05) is 0 Å². The zero-order chi connectivity index (χ0) is 13.8. The lowest BCUT2D eigenvalue weighted by Gasteiger charge is -2.25. The molecule has 1 heterocycles. The fourth-order valence-electron chi connectivity index (χ4n) is 1.68. The van der Waals surface area contributed by atoms with Crippen molar-refractivity contribution in [3.8, 4) is 11.8 Å². The van der Waals surface area contributed by atoms with Crippen LogP contribution in [0.25, 0.3) is 0 Å². The number of carbonyl (C=O) groups is 2. The predicted octanol–water partition coefficient (Wildman–Crippen LogP) is 0.0257. The van der Waals surface area contributed by atoms with Crippen LogP contribution < -0.4 is 10.6 Å². The molecule has 1 aliphatic heterocycles. The Balaban J connectivity index is 2.35. The molecule has 0 spiro atoms. The van der Waals surface area contributed by atoms with Crippen molar-refractivity contribution in [3.63, 3.8) is 0 Å². The van der Waals surface area contributed by atoms with Crippen LogP contribution in [0, 0.1) is 17.7 Å². The summed E-state index contributed by atoms with van der Waals surface area (Å²) in [7, 11) is 0. The van der Waals surface area contributed by atoms with Gasteiger partial charge in [-0.05, 0) is 18.2 Å². The summed E-state index contributed by atoms with van der Waals surface area (Å²) >= 11 is 0. The number of imide groups is 1. The summed E-state index contributed by atoms with van der Waals surface area (Å²) in [6, 6.07) is 4.03. The number of morpholine rings is 1. The Labute approximate surface area is 109 Å². The lowest BCUT2D eigenvalue weighted by molar-refractivity contribution is -0.138. The summed E-state index contributed by atoms with van der Waals surface area (Å²) in [6.45, 7) is -0.302. The molecule has 0 atom stereocenters. The number of rotatable bonds is 1. The van der Waals surface area contributed by atoms with E-state index in [9.17, 15) is 14.0 Å². The van der Waals surface area contributed by atoms with Gasteiger partial charge in [0.1, 0.15) is 19.0 Å². The van der Waals surface area contributed by atoms with Gasteiger partial charge in [-0.15, -0.1) is 0 Å². The highest BCUT2D eigenvalue weighted by atomic mass is 19.1. The number of ether oxygens (including phenoxy) is 1. The van der Waals surface area contributed by atoms with Gasteiger partial charge in [-0.25, -0.2) is 9.29 Å². The molecule has 0 radical (unpaired) electrons. The van der Waals surface area contributed by atoms with E-state index in [4.69, 9.17) is 10.5 Å². The van der Waals surface area contributed by atoms with Crippen LogP contribution >= 0.6 is 0 Å². The molecule has 0 saturated carbocycles. The highest BCUT2D eigenvalue weighted by Crippen LogP contribution is 2.22. The zero-order valence-corrected chi connectivity index (χ0v) is 9.98. The van der Waals surface area contributed by atoms with Gasteiger partial charge in [-0.2, -0.15) is 0 Å². The van der Waals surface area contributed by atoms with Crippen LogP contribution in [0.5, 0.6) is 0 Å². The first-order valence-electron chi connectivity index (χ1n) is 5.55. The third kappa shape index (κ3) is 2.78. The normalized spacial score (nSPS) is 15.2. The molecule has 2 amide bonds. The van der Waals surface area contributed by atoms with Crippen molar-refractivity contribution < 1.29 is 18.7 Å². The number of halogens is 1. The van der Waals surface area contributed by atoms with Crippen LogP contribution in [-0.2, 0) is 14.3 Å². The molecular formula is C13H11FN2O3. The van der Waals surface area contributed by atoms with E-state index < -0.39 is 17.6 Å². The second-order valence-electron chi connectivity index (χ2n) is 3.79. The Morgan fingerprint density at radius 3 is 2.58 bits per heavy atom. The number of hydrogen-bond acceptors (Lipinski definition) is 4. The molecule has 1 aliphatic rings. The Hall–Kier alpha value is -2.23. The van der Waals surface area contributed by atoms with E-state index in [0.717, 1.165) is 11.0 Å². The SMILES string of the molecule is NCC#Cc1ccc(N2C(=O)COCC2=O)c(F)c1. The molecule has 6 heteroatoms. The first-order valence-corrected chi connectivity index (χ1v) is 5.55. The maximum atomic E-state index is 13.9. The fourth-order valence-corrected chi connectivity index (χ4v) is 1.68. The minimum Gasteiger partial charge on any atom is -0.362 e. The maximum absolute atomic E-state index is 13.9. The van der Waals surface area contributed by atoms with E-state index >= 15 is 0 Å². The third-order valence-corrected chi connectivity index (χ3v) is 2.47. The minimum atomic E-state index is -0.688. The summed E-state index contributed by atoms with van der Waals surface area (Å²) < 4.78 is 18.7. The molecule has 1 saturated heterocycles. The third-order valence-electron chi connectivity index (χ3n) is 2.47. The Bertz CT molecular complexity index is 573. The average molecular weight is 262 g/mol. The van der Waals surface area contributed by atoms with Crippen molar-refractivity contribution >= 4 is 17.5 Å². The topological polar surface area (TPSA) is 72.6 Å². The summed E-state index contributed by atoms with van der Waals surface area (Å²) in [5, 5.41) is 0. The summed E-state index contributed by atoms with van der Waals surface area (Å²) in [4.78, 5) is 24.0. The van der Waals surface area contributed by atoms with E-state index in [0.29, 0.717) is 5.56 Å². The highest BCUT2D eigenvalue weighted by Gasteiger charge is 2.30. The second kappa shape index (κ2) is 5.61. The molecule has 2 N–H and O–H groups in total. The van der Waals surface area contributed by atoms with Crippen molar-refractivity contribution in [3.05, 3.63) is 29.6 Å². The number of benzene rings is 1. The Kier molecular flexibility index (Phi) is 3.90. The number of nitrogens with zero attached hydrogens (tertiary/aromatic N) is 1. The molecule has 1 aromatic carbocycles. The summed E-state index contributed by atoms with van der Waals surface area (Å²) in [5.41, 5.74) is 5.56. The van der Waals surface area contributed by atoms with Gasteiger partial charge in [0, 0.05) is 5.56 Å². The van der Waals surface area contributed by atoms with Crippen molar-refractivity contribution in [1.29, 1.82) is 0 Å². The molecule has 0 unspecified atom stereocenters. The molecule has 2 rings (SSSR count). The fraction of sp³-hybridized carbons (Fsp3) is 0.231. The number of anilines is 1. The lowest BCUT2D eigenvalue weighted by Crippen LogP contribution is -2.46. The van der Waals surface area contributed by atoms with Crippen molar-refractivity contribution in [2.45, 2.75) is 0 Å². The van der Waals surface area contributed by atoms with Gasteiger partial charge in [0.25, 0.3) is 11.8 Å². The molecular weight excluding hydrogens is 251 g/mol. The first-order chi connectivity index (χ1) is 9.13. The Morgan fingerprint density at radius 2 is 2.00 bits per heavy atom. The largest absolute Gasteiger partial charge is 0.362 e. The number of amides is 2. The molecule has 1 aromatic rings. The van der Waals surface area contributed by atoms with Gasteiger partial charge in [-0.1, -0.05) is 11.8 Å². The molecule has 19 heavy (non-hydrogen) atoms. The van der Waals surface area contributed by atoms with E-state index in [1.165, 1.54) is 12.1 Å². The van der Waals surface area contributed by atoms with Crippen LogP contribution in [0.15, 0.2) is 18.2 Å². The highest BCUT2D eigenvalue weighted by molar-refractivity contribution is 6.17. The quantitative estimate of drug-likeness (QED) is 0.572. The molecule has 1 fully saturated rings. The van der Waals surface area contributed by atoms with Gasteiger partial charge in [-0.3, -0.25) is 9.59 Å². The summed E-state index contributed by atoms with van der Waals surface area (Å²) in [5.74, 6) is 3.40. The van der Waals surface area contributed by atoms with Crippen molar-refractivity contribution in [2.24, 2.45) is 5.73 Å². The van der Waals surface area contributed by atoms with Gasteiger partial charge < -0.3 is 10.5 Å². The molecule has 0 aromatic heterocycles. The molecule has 5 nitrogen and oxygen atoms in total. The number of carbonyl (C=O) groups excluding carboxylic acids is 2. The van der Waals surface area contributed by atoms with Gasteiger partial charge >= 0.3 is 0 Å². The predicted molar refractivity (Wildman–Crippen MR) is 65.6 cm³/mol. The monoisotopic (exact) mass is 262 g/mol. The van der Waals surface area contributed by atoms with Crippen LogP contribution in [0.3, 0.4) is 0 Å². The molecule has 0 aliphatic carbocycles. The van der Waals surface area contributed by atoms with E-state index in [1.54, 1.807) is 0 Å². The smallest absolute Gasteiger partial charge is 0.259 e. The van der Waals surface area contributed by atoms with Gasteiger partial charge in [0.15, 0.2) is 0 Å². The summed E-state index contributed by atoms with van der Waals surface area (Å²) in [6.07, 6.45) is 0. The lowest BCUT2D eigenvalue weighted by atomic mass is 10.1. The molecule has 98 valence electrons. The van der Waals surface area contributed by atoms with E-state index in [-0.39, 0.29) is 25.4 Å². The number of hydrogen-bond donors (Lipinski definition) is 1. The maximum Gasteiger partial charge on any atom is 0.259 e.